The smallest absolute Gasteiger partial charge is 0.226 e. The number of hydrogen-bond acceptors (Lipinski definition) is 3. The van der Waals surface area contributed by atoms with Crippen LogP contribution >= 0.6 is 0 Å². The van der Waals surface area contributed by atoms with Gasteiger partial charge in [-0.05, 0) is 45.7 Å². The number of ether oxygens (including phenoxy) is 1. The second-order valence-corrected chi connectivity index (χ2v) is 4.99. The van der Waals surface area contributed by atoms with Gasteiger partial charge in [0.25, 0.3) is 0 Å². The maximum absolute atomic E-state index is 12.5. The van der Waals surface area contributed by atoms with E-state index in [1.807, 2.05) is 0 Å². The molecule has 0 aromatic carbocycles. The first-order valence-electron chi connectivity index (χ1n) is 6.92. The second kappa shape index (κ2) is 6.36. The summed E-state index contributed by atoms with van der Waals surface area (Å²) in [5, 5.41) is 3.35. The topological polar surface area (TPSA) is 41.6 Å². The minimum atomic E-state index is 0.207. The molecule has 0 bridgehead atoms. The number of carbonyl (C=O) groups is 1. The maximum Gasteiger partial charge on any atom is 0.226 e. The lowest BCUT2D eigenvalue weighted by molar-refractivity contribution is -0.141. The van der Waals surface area contributed by atoms with Crippen molar-refractivity contribution in [3.8, 4) is 0 Å². The zero-order valence-electron chi connectivity index (χ0n) is 10.8. The van der Waals surface area contributed by atoms with Crippen LogP contribution in [0.4, 0.5) is 0 Å². The Balaban J connectivity index is 1.93. The van der Waals surface area contributed by atoms with E-state index in [-0.39, 0.29) is 5.92 Å². The molecule has 2 aliphatic rings. The van der Waals surface area contributed by atoms with E-state index >= 15 is 0 Å². The molecule has 2 heterocycles. The van der Waals surface area contributed by atoms with Crippen LogP contribution in [-0.2, 0) is 9.53 Å². The van der Waals surface area contributed by atoms with Gasteiger partial charge in [0.1, 0.15) is 0 Å². The molecule has 4 heteroatoms. The van der Waals surface area contributed by atoms with E-state index in [1.54, 1.807) is 0 Å². The predicted molar refractivity (Wildman–Crippen MR) is 66.8 cm³/mol. The molecule has 1 amide bonds. The molecular weight excluding hydrogens is 216 g/mol. The maximum atomic E-state index is 12.5. The van der Waals surface area contributed by atoms with E-state index in [4.69, 9.17) is 4.74 Å². The van der Waals surface area contributed by atoms with Crippen LogP contribution in [0.15, 0.2) is 0 Å². The highest BCUT2D eigenvalue weighted by molar-refractivity contribution is 5.79. The van der Waals surface area contributed by atoms with Gasteiger partial charge in [0.15, 0.2) is 0 Å². The van der Waals surface area contributed by atoms with Crippen molar-refractivity contribution < 1.29 is 9.53 Å². The Bertz CT molecular complexity index is 246. The molecule has 2 aliphatic heterocycles. The van der Waals surface area contributed by atoms with Gasteiger partial charge in [-0.3, -0.25) is 4.79 Å². The molecule has 0 aromatic rings. The molecule has 1 N–H and O–H groups in total. The van der Waals surface area contributed by atoms with Crippen LogP contribution in [0, 0.1) is 5.92 Å². The number of amides is 1. The number of carbonyl (C=O) groups excluding carboxylic acids is 1. The highest BCUT2D eigenvalue weighted by Gasteiger charge is 2.30. The molecule has 0 aromatic heterocycles. The summed E-state index contributed by atoms with van der Waals surface area (Å²) in [4.78, 5) is 14.6. The highest BCUT2D eigenvalue weighted by Crippen LogP contribution is 2.21. The summed E-state index contributed by atoms with van der Waals surface area (Å²) in [7, 11) is 0. The fourth-order valence-electron chi connectivity index (χ4n) is 2.89. The minimum absolute atomic E-state index is 0.207. The first-order valence-corrected chi connectivity index (χ1v) is 6.92. The van der Waals surface area contributed by atoms with Crippen molar-refractivity contribution in [2.24, 2.45) is 5.92 Å². The highest BCUT2D eigenvalue weighted by atomic mass is 16.5. The lowest BCUT2D eigenvalue weighted by Crippen LogP contribution is -2.48. The SMILES string of the molecule is CCN(C(=O)C1CCOCC1)C1CCNCC1. The van der Waals surface area contributed by atoms with Crippen molar-refractivity contribution >= 4 is 5.91 Å². The van der Waals surface area contributed by atoms with E-state index in [9.17, 15) is 4.79 Å². The Kier molecular flexibility index (Phi) is 4.80. The van der Waals surface area contributed by atoms with Crippen LogP contribution in [0.2, 0.25) is 0 Å². The summed E-state index contributed by atoms with van der Waals surface area (Å²) in [6, 6.07) is 0.455. The van der Waals surface area contributed by atoms with Gasteiger partial charge in [-0.25, -0.2) is 0 Å². The van der Waals surface area contributed by atoms with Gasteiger partial charge in [-0.15, -0.1) is 0 Å². The van der Waals surface area contributed by atoms with Gasteiger partial charge in [0.05, 0.1) is 0 Å². The Hall–Kier alpha value is -0.610. The van der Waals surface area contributed by atoms with Gasteiger partial charge in [0, 0.05) is 31.7 Å². The summed E-state index contributed by atoms with van der Waals surface area (Å²) < 4.78 is 5.33. The van der Waals surface area contributed by atoms with Crippen molar-refractivity contribution in [3.63, 3.8) is 0 Å². The number of rotatable bonds is 3. The third-order valence-corrected chi connectivity index (χ3v) is 3.94. The predicted octanol–water partition coefficient (Wildman–Crippen LogP) is 1.01. The van der Waals surface area contributed by atoms with Crippen LogP contribution in [0.1, 0.15) is 32.6 Å². The van der Waals surface area contributed by atoms with Crippen LogP contribution in [-0.4, -0.2) is 49.7 Å². The van der Waals surface area contributed by atoms with Gasteiger partial charge < -0.3 is 15.0 Å². The average Bonchev–Trinajstić information content (AvgIpc) is 2.42. The fourth-order valence-corrected chi connectivity index (χ4v) is 2.89. The Morgan fingerprint density at radius 3 is 2.47 bits per heavy atom. The Labute approximate surface area is 104 Å². The summed E-state index contributed by atoms with van der Waals surface area (Å²) in [6.07, 6.45) is 4.01. The molecule has 17 heavy (non-hydrogen) atoms. The van der Waals surface area contributed by atoms with Crippen LogP contribution in [0.5, 0.6) is 0 Å². The molecule has 0 unspecified atom stereocenters. The number of hydrogen-bond donors (Lipinski definition) is 1. The molecule has 4 nitrogen and oxygen atoms in total. The van der Waals surface area contributed by atoms with E-state index in [2.05, 4.69) is 17.1 Å². The number of nitrogens with zero attached hydrogens (tertiary/aromatic N) is 1. The quantitative estimate of drug-likeness (QED) is 0.800. The molecule has 98 valence electrons. The fraction of sp³-hybridized carbons (Fsp3) is 0.923. The molecule has 2 fully saturated rings. The zero-order chi connectivity index (χ0) is 12.1. The first-order chi connectivity index (χ1) is 8.33. The summed E-state index contributed by atoms with van der Waals surface area (Å²) in [5.41, 5.74) is 0. The Morgan fingerprint density at radius 1 is 1.24 bits per heavy atom. The third-order valence-electron chi connectivity index (χ3n) is 3.94. The molecule has 0 spiro atoms. The monoisotopic (exact) mass is 240 g/mol. The lowest BCUT2D eigenvalue weighted by atomic mass is 9.96. The zero-order valence-corrected chi connectivity index (χ0v) is 10.8. The van der Waals surface area contributed by atoms with Gasteiger partial charge in [-0.1, -0.05) is 0 Å². The van der Waals surface area contributed by atoms with E-state index in [1.165, 1.54) is 0 Å². The van der Waals surface area contributed by atoms with Crippen molar-refractivity contribution in [1.82, 2.24) is 10.2 Å². The van der Waals surface area contributed by atoms with E-state index in [0.717, 1.165) is 58.5 Å². The van der Waals surface area contributed by atoms with E-state index in [0.29, 0.717) is 11.9 Å². The standard InChI is InChI=1S/C13H24N2O2/c1-2-15(12-3-7-14-8-4-12)13(16)11-5-9-17-10-6-11/h11-12,14H,2-10H2,1H3. The second-order valence-electron chi connectivity index (χ2n) is 4.99. The van der Waals surface area contributed by atoms with Gasteiger partial charge in [-0.2, -0.15) is 0 Å². The van der Waals surface area contributed by atoms with Gasteiger partial charge >= 0.3 is 0 Å². The van der Waals surface area contributed by atoms with Crippen molar-refractivity contribution in [2.45, 2.75) is 38.6 Å². The molecular formula is C13H24N2O2. The largest absolute Gasteiger partial charge is 0.381 e. The average molecular weight is 240 g/mol. The van der Waals surface area contributed by atoms with E-state index < -0.39 is 0 Å². The summed E-state index contributed by atoms with van der Waals surface area (Å²) >= 11 is 0. The molecule has 2 saturated heterocycles. The minimum Gasteiger partial charge on any atom is -0.381 e. The van der Waals surface area contributed by atoms with Crippen molar-refractivity contribution in [3.05, 3.63) is 0 Å². The summed E-state index contributed by atoms with van der Waals surface area (Å²) in [6.45, 7) is 6.53. The molecule has 0 radical (unpaired) electrons. The van der Waals surface area contributed by atoms with Crippen LogP contribution in [0.3, 0.4) is 0 Å². The van der Waals surface area contributed by atoms with Crippen LogP contribution < -0.4 is 5.32 Å². The normalized spacial score (nSPS) is 23.6. The summed E-state index contributed by atoms with van der Waals surface area (Å²) in [5.74, 6) is 0.571. The number of nitrogens with one attached hydrogen (secondary N) is 1. The number of piperidine rings is 1. The Morgan fingerprint density at radius 2 is 1.88 bits per heavy atom. The van der Waals surface area contributed by atoms with Gasteiger partial charge in [0.2, 0.25) is 5.91 Å². The molecule has 0 atom stereocenters. The van der Waals surface area contributed by atoms with Crippen molar-refractivity contribution in [2.75, 3.05) is 32.8 Å². The first kappa shape index (κ1) is 12.8. The van der Waals surface area contributed by atoms with Crippen molar-refractivity contribution in [1.29, 1.82) is 0 Å². The molecule has 2 rings (SSSR count). The lowest BCUT2D eigenvalue weighted by Gasteiger charge is -2.37. The third kappa shape index (κ3) is 3.19. The molecule has 0 aliphatic carbocycles. The van der Waals surface area contributed by atoms with Crippen LogP contribution in [0.25, 0.3) is 0 Å². The molecule has 0 saturated carbocycles.